The van der Waals surface area contributed by atoms with Crippen molar-refractivity contribution in [2.45, 2.75) is 6.92 Å². The SMILES string of the molecule is Cc1nnc2ccc(N3CC4CN(C)CC4C3)nn12. The molecule has 0 spiro atoms. The fraction of sp³-hybridized carbons (Fsp3) is 0.615. The molecule has 2 aliphatic rings. The lowest BCUT2D eigenvalue weighted by atomic mass is 10.0. The summed E-state index contributed by atoms with van der Waals surface area (Å²) >= 11 is 0. The molecule has 2 saturated heterocycles. The summed E-state index contributed by atoms with van der Waals surface area (Å²) in [6, 6.07) is 4.07. The molecule has 100 valence electrons. The van der Waals surface area contributed by atoms with Crippen LogP contribution in [0, 0.1) is 18.8 Å². The molecule has 0 radical (unpaired) electrons. The predicted octanol–water partition coefficient (Wildman–Crippen LogP) is 0.431. The van der Waals surface area contributed by atoms with Gasteiger partial charge in [-0.1, -0.05) is 0 Å². The lowest BCUT2D eigenvalue weighted by Crippen LogP contribution is -2.27. The van der Waals surface area contributed by atoms with Gasteiger partial charge in [-0.2, -0.15) is 4.52 Å². The molecule has 0 N–H and O–H groups in total. The molecule has 2 aromatic rings. The molecule has 0 bridgehead atoms. The van der Waals surface area contributed by atoms with E-state index in [1.807, 2.05) is 17.5 Å². The van der Waals surface area contributed by atoms with Gasteiger partial charge in [0.2, 0.25) is 0 Å². The molecule has 2 unspecified atom stereocenters. The van der Waals surface area contributed by atoms with E-state index in [4.69, 9.17) is 0 Å². The zero-order valence-corrected chi connectivity index (χ0v) is 11.3. The Morgan fingerprint density at radius 2 is 1.79 bits per heavy atom. The number of anilines is 1. The molecule has 2 fully saturated rings. The lowest BCUT2D eigenvalue weighted by Gasteiger charge is -2.20. The molecule has 19 heavy (non-hydrogen) atoms. The van der Waals surface area contributed by atoms with Crippen molar-refractivity contribution in [3.05, 3.63) is 18.0 Å². The molecule has 2 aliphatic heterocycles. The maximum Gasteiger partial charge on any atom is 0.178 e. The molecular weight excluding hydrogens is 240 g/mol. The van der Waals surface area contributed by atoms with Crippen molar-refractivity contribution in [1.29, 1.82) is 0 Å². The van der Waals surface area contributed by atoms with Gasteiger partial charge in [0.05, 0.1) is 0 Å². The zero-order chi connectivity index (χ0) is 13.0. The topological polar surface area (TPSA) is 49.6 Å². The van der Waals surface area contributed by atoms with Crippen LogP contribution in [-0.4, -0.2) is 57.9 Å². The minimum Gasteiger partial charge on any atom is -0.355 e. The smallest absolute Gasteiger partial charge is 0.178 e. The molecule has 0 amide bonds. The molecule has 0 saturated carbocycles. The van der Waals surface area contributed by atoms with Gasteiger partial charge < -0.3 is 9.80 Å². The van der Waals surface area contributed by atoms with E-state index in [-0.39, 0.29) is 0 Å². The highest BCUT2D eigenvalue weighted by molar-refractivity contribution is 5.46. The first-order valence-corrected chi connectivity index (χ1v) is 6.83. The number of aromatic nitrogens is 4. The average Bonchev–Trinajstić information content (AvgIpc) is 3.02. The standard InChI is InChI=1S/C13H18N6/c1-9-14-15-12-3-4-13(16-19(9)12)18-7-10-5-17(2)6-11(10)8-18/h3-4,10-11H,5-8H2,1-2H3. The van der Waals surface area contributed by atoms with E-state index < -0.39 is 0 Å². The van der Waals surface area contributed by atoms with Crippen molar-refractivity contribution >= 4 is 11.5 Å². The van der Waals surface area contributed by atoms with E-state index in [9.17, 15) is 0 Å². The van der Waals surface area contributed by atoms with E-state index in [0.717, 1.165) is 42.2 Å². The Hall–Kier alpha value is -1.69. The Morgan fingerprint density at radius 1 is 1.05 bits per heavy atom. The van der Waals surface area contributed by atoms with Crippen LogP contribution >= 0.6 is 0 Å². The lowest BCUT2D eigenvalue weighted by molar-refractivity contribution is 0.386. The highest BCUT2D eigenvalue weighted by Gasteiger charge is 2.39. The number of likely N-dealkylation sites (tertiary alicyclic amines) is 1. The minimum atomic E-state index is 0.796. The van der Waals surface area contributed by atoms with Gasteiger partial charge in [-0.3, -0.25) is 0 Å². The molecule has 4 rings (SSSR count). The highest BCUT2D eigenvalue weighted by Crippen LogP contribution is 2.32. The van der Waals surface area contributed by atoms with Crippen LogP contribution in [0.5, 0.6) is 0 Å². The number of fused-ring (bicyclic) bond motifs is 2. The third-order valence-electron chi connectivity index (χ3n) is 4.40. The molecule has 6 nitrogen and oxygen atoms in total. The Morgan fingerprint density at radius 3 is 2.53 bits per heavy atom. The minimum absolute atomic E-state index is 0.796. The normalized spacial score (nSPS) is 27.4. The van der Waals surface area contributed by atoms with E-state index in [2.05, 4.69) is 38.2 Å². The highest BCUT2D eigenvalue weighted by atomic mass is 15.4. The summed E-state index contributed by atoms with van der Waals surface area (Å²) in [7, 11) is 2.22. The van der Waals surface area contributed by atoms with Crippen molar-refractivity contribution in [1.82, 2.24) is 24.7 Å². The maximum absolute atomic E-state index is 4.67. The van der Waals surface area contributed by atoms with Crippen LogP contribution < -0.4 is 4.90 Å². The second-order valence-electron chi connectivity index (χ2n) is 5.86. The second-order valence-corrected chi connectivity index (χ2v) is 5.86. The third-order valence-corrected chi connectivity index (χ3v) is 4.40. The summed E-state index contributed by atoms with van der Waals surface area (Å²) in [6.45, 7) is 6.61. The van der Waals surface area contributed by atoms with Gasteiger partial charge >= 0.3 is 0 Å². The van der Waals surface area contributed by atoms with Crippen LogP contribution in [0.15, 0.2) is 12.1 Å². The van der Waals surface area contributed by atoms with Crippen LogP contribution in [0.4, 0.5) is 5.82 Å². The summed E-state index contributed by atoms with van der Waals surface area (Å²) in [4.78, 5) is 4.84. The van der Waals surface area contributed by atoms with Gasteiger partial charge in [-0.05, 0) is 37.9 Å². The van der Waals surface area contributed by atoms with Crippen molar-refractivity contribution in [2.24, 2.45) is 11.8 Å². The van der Waals surface area contributed by atoms with Gasteiger partial charge in [0.25, 0.3) is 0 Å². The molecule has 2 atom stereocenters. The Balaban J connectivity index is 1.63. The number of hydrogen-bond donors (Lipinski definition) is 0. The number of rotatable bonds is 1. The fourth-order valence-corrected chi connectivity index (χ4v) is 3.47. The maximum atomic E-state index is 4.67. The molecule has 4 heterocycles. The van der Waals surface area contributed by atoms with Gasteiger partial charge in [-0.15, -0.1) is 15.3 Å². The van der Waals surface area contributed by atoms with E-state index >= 15 is 0 Å². The summed E-state index contributed by atoms with van der Waals surface area (Å²) in [5.41, 5.74) is 0.820. The molecule has 0 aromatic carbocycles. The van der Waals surface area contributed by atoms with Gasteiger partial charge in [0, 0.05) is 26.2 Å². The van der Waals surface area contributed by atoms with E-state index in [0.29, 0.717) is 0 Å². The third kappa shape index (κ3) is 1.70. The number of nitrogens with zero attached hydrogens (tertiary/aromatic N) is 6. The summed E-state index contributed by atoms with van der Waals surface area (Å²) in [6.07, 6.45) is 0. The van der Waals surface area contributed by atoms with Gasteiger partial charge in [0.15, 0.2) is 11.5 Å². The Kier molecular flexibility index (Phi) is 2.29. The number of aryl methyl sites for hydroxylation is 1. The van der Waals surface area contributed by atoms with Crippen molar-refractivity contribution in [2.75, 3.05) is 38.1 Å². The zero-order valence-electron chi connectivity index (χ0n) is 11.3. The quantitative estimate of drug-likeness (QED) is 0.742. The Labute approximate surface area is 112 Å². The summed E-state index contributed by atoms with van der Waals surface area (Å²) in [5, 5.41) is 12.8. The van der Waals surface area contributed by atoms with Crippen LogP contribution in [-0.2, 0) is 0 Å². The average molecular weight is 258 g/mol. The monoisotopic (exact) mass is 258 g/mol. The first kappa shape index (κ1) is 11.2. The van der Waals surface area contributed by atoms with Crippen LogP contribution in [0.1, 0.15) is 5.82 Å². The van der Waals surface area contributed by atoms with Crippen LogP contribution in [0.3, 0.4) is 0 Å². The molecular formula is C13H18N6. The van der Waals surface area contributed by atoms with Crippen LogP contribution in [0.2, 0.25) is 0 Å². The second kappa shape index (κ2) is 3.90. The van der Waals surface area contributed by atoms with Gasteiger partial charge in [-0.25, -0.2) is 0 Å². The Bertz CT molecular complexity index is 607. The fourth-order valence-electron chi connectivity index (χ4n) is 3.47. The first-order valence-electron chi connectivity index (χ1n) is 6.83. The van der Waals surface area contributed by atoms with Crippen molar-refractivity contribution < 1.29 is 0 Å². The molecule has 6 heteroatoms. The van der Waals surface area contributed by atoms with Crippen molar-refractivity contribution in [3.63, 3.8) is 0 Å². The molecule has 0 aliphatic carbocycles. The van der Waals surface area contributed by atoms with Crippen LogP contribution in [0.25, 0.3) is 5.65 Å². The summed E-state index contributed by atoms with van der Waals surface area (Å²) in [5.74, 6) is 3.48. The van der Waals surface area contributed by atoms with Crippen molar-refractivity contribution in [3.8, 4) is 0 Å². The predicted molar refractivity (Wildman–Crippen MR) is 72.2 cm³/mol. The summed E-state index contributed by atoms with van der Waals surface area (Å²) < 4.78 is 1.83. The van der Waals surface area contributed by atoms with Gasteiger partial charge in [0.1, 0.15) is 5.82 Å². The van der Waals surface area contributed by atoms with E-state index in [1.165, 1.54) is 13.1 Å². The largest absolute Gasteiger partial charge is 0.355 e. The first-order chi connectivity index (χ1) is 9.20. The van der Waals surface area contributed by atoms with E-state index in [1.54, 1.807) is 0 Å². The molecule has 2 aromatic heterocycles. The number of hydrogen-bond acceptors (Lipinski definition) is 5.